The van der Waals surface area contributed by atoms with Crippen molar-refractivity contribution < 1.29 is 0 Å². The second-order valence-corrected chi connectivity index (χ2v) is 6.29. The first-order valence-electron chi connectivity index (χ1n) is 5.70. The first-order valence-corrected chi connectivity index (χ1v) is 6.90. The Kier molecular flexibility index (Phi) is 4.09. The molecule has 0 bridgehead atoms. The predicted octanol–water partition coefficient (Wildman–Crippen LogP) is 4.69. The first-order chi connectivity index (χ1) is 8.15. The van der Waals surface area contributed by atoms with E-state index in [0.29, 0.717) is 0 Å². The van der Waals surface area contributed by atoms with E-state index in [1.54, 1.807) is 0 Å². The Hall–Kier alpha value is -0.453. The van der Waals surface area contributed by atoms with Gasteiger partial charge in [0.1, 0.15) is 0 Å². The van der Waals surface area contributed by atoms with Crippen molar-refractivity contribution in [2.45, 2.75) is 20.3 Å². The summed E-state index contributed by atoms with van der Waals surface area (Å²) in [5.74, 6) is 0. The molecule has 18 heavy (non-hydrogen) atoms. The van der Waals surface area contributed by atoms with Gasteiger partial charge in [0.05, 0.1) is 0 Å². The van der Waals surface area contributed by atoms with E-state index in [9.17, 15) is 0 Å². The van der Waals surface area contributed by atoms with E-state index >= 15 is 0 Å². The van der Waals surface area contributed by atoms with Gasteiger partial charge in [0, 0.05) is 26.8 Å². The summed E-state index contributed by atoms with van der Waals surface area (Å²) < 4.78 is 0. The van der Waals surface area contributed by atoms with E-state index in [2.05, 4.69) is 32.1 Å². The van der Waals surface area contributed by atoms with Gasteiger partial charge in [-0.1, -0.05) is 35.4 Å². The first kappa shape index (κ1) is 14.0. The number of rotatable bonds is 1. The van der Waals surface area contributed by atoms with Crippen molar-refractivity contribution >= 4 is 47.9 Å². The third-order valence-electron chi connectivity index (χ3n) is 3.16. The SMILES string of the molecule is CC1=Cc2c(sc(C)c2-c2ccc(Cl)cc2)C1.[LiH]. The average Bonchev–Trinajstić information content (AvgIpc) is 2.75. The molecule has 0 aliphatic heterocycles. The van der Waals surface area contributed by atoms with Gasteiger partial charge in [-0.15, -0.1) is 11.3 Å². The number of thiophene rings is 1. The second-order valence-electron chi connectivity index (χ2n) is 4.54. The van der Waals surface area contributed by atoms with Crippen molar-refractivity contribution in [1.29, 1.82) is 0 Å². The van der Waals surface area contributed by atoms with Gasteiger partial charge in [0.2, 0.25) is 0 Å². The van der Waals surface area contributed by atoms with Crippen LogP contribution in [0.3, 0.4) is 0 Å². The van der Waals surface area contributed by atoms with Crippen LogP contribution in [0.2, 0.25) is 5.02 Å². The van der Waals surface area contributed by atoms with Crippen LogP contribution in [0.4, 0.5) is 0 Å². The maximum absolute atomic E-state index is 5.94. The molecule has 0 fully saturated rings. The van der Waals surface area contributed by atoms with E-state index in [1.807, 2.05) is 23.5 Å². The zero-order chi connectivity index (χ0) is 12.0. The Balaban J connectivity index is 0.00000120. The van der Waals surface area contributed by atoms with Crippen LogP contribution >= 0.6 is 22.9 Å². The Morgan fingerprint density at radius 3 is 2.44 bits per heavy atom. The molecule has 88 valence electrons. The molecule has 2 aromatic rings. The molecule has 0 radical (unpaired) electrons. The molecule has 0 atom stereocenters. The Bertz CT molecular complexity index is 608. The van der Waals surface area contributed by atoms with Crippen molar-refractivity contribution in [2.75, 3.05) is 0 Å². The molecule has 0 amide bonds. The molecule has 0 saturated carbocycles. The predicted molar refractivity (Wildman–Crippen MR) is 84.0 cm³/mol. The van der Waals surface area contributed by atoms with Crippen molar-refractivity contribution in [3.8, 4) is 11.1 Å². The van der Waals surface area contributed by atoms with Crippen LogP contribution in [0.5, 0.6) is 0 Å². The molecule has 1 aliphatic rings. The third kappa shape index (κ3) is 2.33. The topological polar surface area (TPSA) is 0 Å². The van der Waals surface area contributed by atoms with Crippen molar-refractivity contribution in [2.24, 2.45) is 0 Å². The third-order valence-corrected chi connectivity index (χ3v) is 4.53. The number of aryl methyl sites for hydroxylation is 1. The number of allylic oxidation sites excluding steroid dienone is 1. The normalized spacial score (nSPS) is 12.9. The van der Waals surface area contributed by atoms with E-state index in [-0.39, 0.29) is 18.9 Å². The fourth-order valence-corrected chi connectivity index (χ4v) is 3.83. The summed E-state index contributed by atoms with van der Waals surface area (Å²) in [5.41, 5.74) is 5.54. The quantitative estimate of drug-likeness (QED) is 0.659. The molecule has 0 nitrogen and oxygen atoms in total. The summed E-state index contributed by atoms with van der Waals surface area (Å²) in [6.45, 7) is 4.41. The summed E-state index contributed by atoms with van der Waals surface area (Å²) >= 11 is 7.87. The number of halogens is 1. The molecule has 0 saturated heterocycles. The van der Waals surface area contributed by atoms with Crippen LogP contribution in [0, 0.1) is 6.92 Å². The minimum absolute atomic E-state index is 0. The summed E-state index contributed by atoms with van der Waals surface area (Å²) in [5, 5.41) is 0.796. The molecule has 0 N–H and O–H groups in total. The zero-order valence-electron chi connectivity index (χ0n) is 9.88. The number of hydrogen-bond acceptors (Lipinski definition) is 1. The molecular formula is C15H14ClLiS. The molecule has 1 aromatic heterocycles. The Morgan fingerprint density at radius 2 is 1.78 bits per heavy atom. The fourth-order valence-electron chi connectivity index (χ4n) is 2.43. The molecular weight excluding hydrogens is 255 g/mol. The molecule has 3 heteroatoms. The van der Waals surface area contributed by atoms with Crippen LogP contribution in [-0.2, 0) is 6.42 Å². The van der Waals surface area contributed by atoms with Gasteiger partial charge < -0.3 is 0 Å². The minimum atomic E-state index is 0. The zero-order valence-corrected chi connectivity index (χ0v) is 11.5. The van der Waals surface area contributed by atoms with E-state index in [0.717, 1.165) is 11.4 Å². The fraction of sp³-hybridized carbons (Fsp3) is 0.200. The summed E-state index contributed by atoms with van der Waals surface area (Å²) in [4.78, 5) is 2.91. The van der Waals surface area contributed by atoms with Gasteiger partial charge in [-0.2, -0.15) is 0 Å². The summed E-state index contributed by atoms with van der Waals surface area (Å²) in [6.07, 6.45) is 3.44. The van der Waals surface area contributed by atoms with Gasteiger partial charge in [0.25, 0.3) is 0 Å². The standard InChI is InChI=1S/C15H13ClS.Li.H/c1-9-7-13-14(8-9)17-10(2)15(13)11-3-5-12(16)6-4-11;;/h3-7H,8H2,1-2H3;;. The monoisotopic (exact) mass is 268 g/mol. The molecule has 0 spiro atoms. The maximum atomic E-state index is 5.94. The summed E-state index contributed by atoms with van der Waals surface area (Å²) in [6, 6.07) is 8.15. The van der Waals surface area contributed by atoms with Gasteiger partial charge in [-0.25, -0.2) is 0 Å². The number of hydrogen-bond donors (Lipinski definition) is 0. The van der Waals surface area contributed by atoms with Crippen LogP contribution < -0.4 is 0 Å². The van der Waals surface area contributed by atoms with Crippen LogP contribution in [-0.4, -0.2) is 18.9 Å². The number of fused-ring (bicyclic) bond motifs is 1. The number of benzene rings is 1. The molecule has 1 aliphatic carbocycles. The Labute approximate surface area is 129 Å². The van der Waals surface area contributed by atoms with Gasteiger partial charge in [0.15, 0.2) is 0 Å². The van der Waals surface area contributed by atoms with Crippen molar-refractivity contribution in [3.05, 3.63) is 50.2 Å². The van der Waals surface area contributed by atoms with Crippen LogP contribution in [0.25, 0.3) is 17.2 Å². The molecule has 1 aromatic carbocycles. The van der Waals surface area contributed by atoms with E-state index in [1.165, 1.54) is 32.0 Å². The second kappa shape index (κ2) is 5.27. The molecule has 0 unspecified atom stereocenters. The van der Waals surface area contributed by atoms with E-state index in [4.69, 9.17) is 11.6 Å². The van der Waals surface area contributed by atoms with Gasteiger partial charge in [-0.3, -0.25) is 0 Å². The molecule has 3 rings (SSSR count). The van der Waals surface area contributed by atoms with Gasteiger partial charge >= 0.3 is 18.9 Å². The van der Waals surface area contributed by atoms with Crippen molar-refractivity contribution in [3.63, 3.8) is 0 Å². The Morgan fingerprint density at radius 1 is 1.11 bits per heavy atom. The average molecular weight is 269 g/mol. The van der Waals surface area contributed by atoms with Gasteiger partial charge in [-0.05, 0) is 37.1 Å². The summed E-state index contributed by atoms with van der Waals surface area (Å²) in [7, 11) is 0. The van der Waals surface area contributed by atoms with Crippen molar-refractivity contribution in [1.82, 2.24) is 0 Å². The molecule has 1 heterocycles. The van der Waals surface area contributed by atoms with Crippen LogP contribution in [0.1, 0.15) is 22.2 Å². The van der Waals surface area contributed by atoms with Crippen LogP contribution in [0.15, 0.2) is 29.8 Å². The van der Waals surface area contributed by atoms with E-state index < -0.39 is 0 Å².